The minimum Gasteiger partial charge on any atom is -0.395 e. The molecule has 2 rings (SSSR count). The molecule has 0 aromatic carbocycles. The van der Waals surface area contributed by atoms with Gasteiger partial charge in [-0.1, -0.05) is 0 Å². The van der Waals surface area contributed by atoms with Gasteiger partial charge in [0.1, 0.15) is 5.41 Å². The van der Waals surface area contributed by atoms with Crippen molar-refractivity contribution in [3.05, 3.63) is 24.5 Å². The molecule has 0 saturated carbocycles. The van der Waals surface area contributed by atoms with Gasteiger partial charge in [-0.2, -0.15) is 0 Å². The van der Waals surface area contributed by atoms with E-state index in [1.165, 1.54) is 4.90 Å². The van der Waals surface area contributed by atoms with E-state index in [9.17, 15) is 9.90 Å². The Morgan fingerprint density at radius 2 is 2.19 bits per heavy atom. The lowest BCUT2D eigenvalue weighted by Crippen LogP contribution is -2.56. The quantitative estimate of drug-likeness (QED) is 0.785. The third-order valence-electron chi connectivity index (χ3n) is 2.87. The first kappa shape index (κ1) is 11.0. The Morgan fingerprint density at radius 1 is 1.56 bits per heavy atom. The fourth-order valence-electron chi connectivity index (χ4n) is 1.67. The minimum absolute atomic E-state index is 0.118. The highest BCUT2D eigenvalue weighted by molar-refractivity contribution is 5.97. The van der Waals surface area contributed by atoms with Gasteiger partial charge in [-0.05, 0) is 12.1 Å². The highest BCUT2D eigenvalue weighted by Gasteiger charge is 2.47. The van der Waals surface area contributed by atoms with E-state index in [1.54, 1.807) is 31.6 Å². The number of hydrogen-bond acceptors (Lipinski definition) is 4. The molecule has 5 nitrogen and oxygen atoms in total. The summed E-state index contributed by atoms with van der Waals surface area (Å²) in [6.07, 6.45) is 3.25. The monoisotopic (exact) mass is 222 g/mol. The molecule has 1 saturated heterocycles. The molecular weight excluding hydrogens is 208 g/mol. The van der Waals surface area contributed by atoms with E-state index in [0.29, 0.717) is 0 Å². The summed E-state index contributed by atoms with van der Waals surface area (Å²) in [5.74, 6) is -0.118. The van der Waals surface area contributed by atoms with Gasteiger partial charge >= 0.3 is 0 Å². The summed E-state index contributed by atoms with van der Waals surface area (Å²) in [6.45, 7) is 0.400. The number of ether oxygens (including phenoxy) is 1. The van der Waals surface area contributed by atoms with Crippen LogP contribution in [0.5, 0.6) is 0 Å². The molecule has 2 heterocycles. The van der Waals surface area contributed by atoms with Gasteiger partial charge in [-0.15, -0.1) is 0 Å². The maximum atomic E-state index is 12.1. The van der Waals surface area contributed by atoms with Gasteiger partial charge in [0.15, 0.2) is 0 Å². The second kappa shape index (κ2) is 4.19. The predicted molar refractivity (Wildman–Crippen MR) is 58.0 cm³/mol. The maximum absolute atomic E-state index is 12.1. The molecule has 0 unspecified atom stereocenters. The number of anilines is 1. The molecule has 1 amide bonds. The summed E-state index contributed by atoms with van der Waals surface area (Å²) >= 11 is 0. The number of aromatic nitrogens is 1. The van der Waals surface area contributed by atoms with Gasteiger partial charge < -0.3 is 14.7 Å². The predicted octanol–water partition coefficient (Wildman–Crippen LogP) is 0.0533. The lowest BCUT2D eigenvalue weighted by atomic mass is 9.85. The van der Waals surface area contributed by atoms with Gasteiger partial charge in [0.2, 0.25) is 5.91 Å². The van der Waals surface area contributed by atoms with Gasteiger partial charge in [-0.25, -0.2) is 0 Å². The number of aliphatic hydroxyl groups excluding tert-OH is 1. The Morgan fingerprint density at radius 3 is 2.62 bits per heavy atom. The van der Waals surface area contributed by atoms with Crippen molar-refractivity contribution < 1.29 is 14.6 Å². The number of rotatable bonds is 3. The first-order valence-electron chi connectivity index (χ1n) is 5.06. The lowest BCUT2D eigenvalue weighted by molar-refractivity contribution is -0.166. The Bertz CT molecular complexity index is 371. The van der Waals surface area contributed by atoms with Crippen molar-refractivity contribution in [3.63, 3.8) is 0 Å². The number of pyridine rings is 1. The molecule has 1 aromatic rings. The number of carbonyl (C=O) groups is 1. The number of nitrogens with zero attached hydrogens (tertiary/aromatic N) is 2. The van der Waals surface area contributed by atoms with E-state index in [-0.39, 0.29) is 25.7 Å². The molecular formula is C11H14N2O3. The number of carbonyl (C=O) groups excluding carboxylic acids is 1. The van der Waals surface area contributed by atoms with Crippen molar-refractivity contribution in [1.82, 2.24) is 4.98 Å². The summed E-state index contributed by atoms with van der Waals surface area (Å²) < 4.78 is 5.02. The van der Waals surface area contributed by atoms with Gasteiger partial charge in [0.25, 0.3) is 0 Å². The third kappa shape index (κ3) is 1.68. The fourth-order valence-corrected chi connectivity index (χ4v) is 1.67. The van der Waals surface area contributed by atoms with Crippen molar-refractivity contribution >= 4 is 11.6 Å². The standard InChI is InChI=1S/C11H14N2O3/c1-13(9-2-4-12-5-3-9)10(15)11(6-14)7-16-8-11/h2-5,14H,6-8H2,1H3. The highest BCUT2D eigenvalue weighted by Crippen LogP contribution is 2.30. The molecule has 1 fully saturated rings. The zero-order valence-corrected chi connectivity index (χ0v) is 9.09. The third-order valence-corrected chi connectivity index (χ3v) is 2.87. The van der Waals surface area contributed by atoms with Crippen LogP contribution >= 0.6 is 0 Å². The average Bonchev–Trinajstić information content (AvgIpc) is 2.28. The minimum atomic E-state index is -0.752. The summed E-state index contributed by atoms with van der Waals surface area (Å²) in [5, 5.41) is 9.26. The first-order chi connectivity index (χ1) is 7.69. The van der Waals surface area contributed by atoms with Gasteiger partial charge in [0, 0.05) is 25.1 Å². The second-order valence-corrected chi connectivity index (χ2v) is 4.00. The summed E-state index contributed by atoms with van der Waals surface area (Å²) in [7, 11) is 1.69. The summed E-state index contributed by atoms with van der Waals surface area (Å²) in [5.41, 5.74) is 0.0117. The SMILES string of the molecule is CN(C(=O)C1(CO)COC1)c1ccncc1. The number of aliphatic hydroxyl groups is 1. The topological polar surface area (TPSA) is 62.7 Å². The molecule has 0 spiro atoms. The van der Waals surface area contributed by atoms with E-state index in [1.807, 2.05) is 0 Å². The van der Waals surface area contributed by atoms with Crippen molar-refractivity contribution in [1.29, 1.82) is 0 Å². The highest BCUT2D eigenvalue weighted by atomic mass is 16.5. The van der Waals surface area contributed by atoms with Crippen molar-refractivity contribution in [3.8, 4) is 0 Å². The van der Waals surface area contributed by atoms with E-state index in [2.05, 4.69) is 4.98 Å². The van der Waals surface area contributed by atoms with E-state index in [0.717, 1.165) is 5.69 Å². The first-order valence-corrected chi connectivity index (χ1v) is 5.06. The Hall–Kier alpha value is -1.46. The van der Waals surface area contributed by atoms with Crippen LogP contribution in [0, 0.1) is 5.41 Å². The molecule has 5 heteroatoms. The largest absolute Gasteiger partial charge is 0.395 e. The molecule has 1 aliphatic heterocycles. The molecule has 0 aliphatic carbocycles. The normalized spacial score (nSPS) is 17.6. The average molecular weight is 222 g/mol. The van der Waals surface area contributed by atoms with E-state index in [4.69, 9.17) is 4.74 Å². The van der Waals surface area contributed by atoms with Crippen LogP contribution in [0.15, 0.2) is 24.5 Å². The molecule has 16 heavy (non-hydrogen) atoms. The molecule has 0 bridgehead atoms. The van der Waals surface area contributed by atoms with Crippen LogP contribution in [0.3, 0.4) is 0 Å². The van der Waals surface area contributed by atoms with Crippen LogP contribution < -0.4 is 4.90 Å². The van der Waals surface area contributed by atoms with Gasteiger partial charge in [0.05, 0.1) is 19.8 Å². The number of amides is 1. The summed E-state index contributed by atoms with van der Waals surface area (Å²) in [4.78, 5) is 17.6. The zero-order valence-electron chi connectivity index (χ0n) is 9.09. The van der Waals surface area contributed by atoms with Crippen LogP contribution in [-0.4, -0.2) is 42.9 Å². The molecule has 86 valence electrons. The molecule has 1 aliphatic rings. The van der Waals surface area contributed by atoms with E-state index < -0.39 is 5.41 Å². The lowest BCUT2D eigenvalue weighted by Gasteiger charge is -2.40. The van der Waals surface area contributed by atoms with Gasteiger partial charge in [-0.3, -0.25) is 9.78 Å². The molecule has 1 N–H and O–H groups in total. The van der Waals surface area contributed by atoms with Crippen LogP contribution in [0.25, 0.3) is 0 Å². The van der Waals surface area contributed by atoms with E-state index >= 15 is 0 Å². The van der Waals surface area contributed by atoms with Crippen LogP contribution in [0.4, 0.5) is 5.69 Å². The van der Waals surface area contributed by atoms with Crippen LogP contribution in [0.2, 0.25) is 0 Å². The van der Waals surface area contributed by atoms with Crippen LogP contribution in [-0.2, 0) is 9.53 Å². The Labute approximate surface area is 93.7 Å². The fraction of sp³-hybridized carbons (Fsp3) is 0.455. The second-order valence-electron chi connectivity index (χ2n) is 4.00. The number of hydrogen-bond donors (Lipinski definition) is 1. The summed E-state index contributed by atoms with van der Waals surface area (Å²) in [6, 6.07) is 3.50. The smallest absolute Gasteiger partial charge is 0.239 e. The van der Waals surface area contributed by atoms with Crippen molar-refractivity contribution in [2.24, 2.45) is 5.41 Å². The van der Waals surface area contributed by atoms with Crippen LogP contribution in [0.1, 0.15) is 0 Å². The van der Waals surface area contributed by atoms with Crippen molar-refractivity contribution in [2.75, 3.05) is 31.8 Å². The van der Waals surface area contributed by atoms with Crippen molar-refractivity contribution in [2.45, 2.75) is 0 Å². The molecule has 1 aromatic heterocycles. The zero-order chi connectivity index (χ0) is 11.6. The Kier molecular flexibility index (Phi) is 2.89. The molecule has 0 radical (unpaired) electrons. The maximum Gasteiger partial charge on any atom is 0.239 e. The molecule has 0 atom stereocenters. The Balaban J connectivity index is 2.16.